The van der Waals surface area contributed by atoms with Gasteiger partial charge in [-0.05, 0) is 26.3 Å². The molecule has 20 heavy (non-hydrogen) atoms. The first kappa shape index (κ1) is 13.9. The zero-order valence-corrected chi connectivity index (χ0v) is 11.6. The molecule has 0 aromatic heterocycles. The molecular weight excluding hydrogens is 254 g/mol. The van der Waals surface area contributed by atoms with E-state index in [0.717, 1.165) is 11.1 Å². The van der Waals surface area contributed by atoms with Crippen molar-refractivity contribution in [2.45, 2.75) is 20.8 Å². The lowest BCUT2D eigenvalue weighted by atomic mass is 9.96. The van der Waals surface area contributed by atoms with Crippen LogP contribution >= 0.6 is 0 Å². The summed E-state index contributed by atoms with van der Waals surface area (Å²) in [4.78, 5) is 22.9. The topological polar surface area (TPSA) is 60.2 Å². The minimum Gasteiger partial charge on any atom is -0.289 e. The first-order valence-electron chi connectivity index (χ1n) is 6.27. The van der Waals surface area contributed by atoms with Crippen LogP contribution in [-0.4, -0.2) is 10.7 Å². The number of nitro groups is 1. The molecule has 0 saturated carbocycles. The molecule has 4 nitrogen and oxygen atoms in total. The highest BCUT2D eigenvalue weighted by Gasteiger charge is 2.17. The number of carbonyl (C=O) groups is 1. The third-order valence-electron chi connectivity index (χ3n) is 3.29. The lowest BCUT2D eigenvalue weighted by Crippen LogP contribution is -2.05. The number of ketones is 1. The van der Waals surface area contributed by atoms with E-state index in [4.69, 9.17) is 0 Å². The third-order valence-corrected chi connectivity index (χ3v) is 3.29. The zero-order valence-electron chi connectivity index (χ0n) is 11.6. The van der Waals surface area contributed by atoms with E-state index < -0.39 is 4.92 Å². The van der Waals surface area contributed by atoms with Crippen molar-refractivity contribution >= 4 is 11.5 Å². The van der Waals surface area contributed by atoms with Crippen molar-refractivity contribution in [2.75, 3.05) is 0 Å². The summed E-state index contributed by atoms with van der Waals surface area (Å²) in [6.07, 6.45) is 0. The average molecular weight is 269 g/mol. The predicted octanol–water partition coefficient (Wildman–Crippen LogP) is 3.75. The van der Waals surface area contributed by atoms with Gasteiger partial charge in [0.15, 0.2) is 5.78 Å². The Bertz CT molecular complexity index is 705. The second-order valence-electron chi connectivity index (χ2n) is 4.91. The number of nitrogens with zero attached hydrogens (tertiary/aromatic N) is 1. The molecule has 0 bridgehead atoms. The van der Waals surface area contributed by atoms with Gasteiger partial charge in [0.2, 0.25) is 0 Å². The van der Waals surface area contributed by atoms with Gasteiger partial charge in [-0.15, -0.1) is 0 Å². The minimum absolute atomic E-state index is 0.0272. The maximum absolute atomic E-state index is 12.4. The van der Waals surface area contributed by atoms with Gasteiger partial charge in [-0.25, -0.2) is 0 Å². The van der Waals surface area contributed by atoms with Gasteiger partial charge in [0, 0.05) is 22.8 Å². The van der Waals surface area contributed by atoms with Crippen LogP contribution in [0.2, 0.25) is 0 Å². The van der Waals surface area contributed by atoms with Crippen LogP contribution in [0.5, 0.6) is 0 Å². The molecule has 102 valence electrons. The number of aryl methyl sites for hydroxylation is 3. The highest BCUT2D eigenvalue weighted by Crippen LogP contribution is 2.22. The van der Waals surface area contributed by atoms with E-state index in [9.17, 15) is 14.9 Å². The molecular formula is C16H15NO3. The summed E-state index contributed by atoms with van der Waals surface area (Å²) < 4.78 is 0. The molecule has 0 radical (unpaired) electrons. The van der Waals surface area contributed by atoms with Crippen molar-refractivity contribution < 1.29 is 9.72 Å². The molecule has 2 rings (SSSR count). The maximum atomic E-state index is 12.4. The van der Waals surface area contributed by atoms with Gasteiger partial charge < -0.3 is 0 Å². The molecule has 0 spiro atoms. The Balaban J connectivity index is 2.48. The molecule has 0 aliphatic rings. The smallest absolute Gasteiger partial charge is 0.273 e. The second-order valence-corrected chi connectivity index (χ2v) is 4.91. The van der Waals surface area contributed by atoms with Crippen LogP contribution in [0.25, 0.3) is 0 Å². The van der Waals surface area contributed by atoms with Gasteiger partial charge in [-0.2, -0.15) is 0 Å². The molecule has 0 N–H and O–H groups in total. The summed E-state index contributed by atoms with van der Waals surface area (Å²) in [5.74, 6) is -0.189. The molecule has 0 aliphatic heterocycles. The molecule has 0 amide bonds. The molecule has 0 unspecified atom stereocenters. The van der Waals surface area contributed by atoms with E-state index >= 15 is 0 Å². The van der Waals surface area contributed by atoms with Crippen LogP contribution in [0.4, 0.5) is 5.69 Å². The van der Waals surface area contributed by atoms with Crippen molar-refractivity contribution in [2.24, 2.45) is 0 Å². The fourth-order valence-corrected chi connectivity index (χ4v) is 2.17. The van der Waals surface area contributed by atoms with Gasteiger partial charge in [0.05, 0.1) is 4.92 Å². The van der Waals surface area contributed by atoms with E-state index in [1.807, 2.05) is 26.0 Å². The van der Waals surface area contributed by atoms with Crippen molar-refractivity contribution in [3.63, 3.8) is 0 Å². The SMILES string of the molecule is Cc1ccc(C(=O)c2ccc(C)c([N+](=O)[O-])c2)c(C)c1. The summed E-state index contributed by atoms with van der Waals surface area (Å²) in [6.45, 7) is 5.48. The number of benzene rings is 2. The molecule has 0 aliphatic carbocycles. The Morgan fingerprint density at radius 2 is 1.70 bits per heavy atom. The van der Waals surface area contributed by atoms with E-state index in [1.54, 1.807) is 25.1 Å². The molecule has 4 heteroatoms. The number of hydrogen-bond donors (Lipinski definition) is 0. The Hall–Kier alpha value is -2.49. The Kier molecular flexibility index (Phi) is 3.66. The standard InChI is InChI=1S/C16H15NO3/c1-10-4-7-14(12(3)8-10)16(18)13-6-5-11(2)15(9-13)17(19)20/h4-9H,1-3H3. The first-order valence-corrected chi connectivity index (χ1v) is 6.27. The number of hydrogen-bond acceptors (Lipinski definition) is 3. The molecule has 0 fully saturated rings. The predicted molar refractivity (Wildman–Crippen MR) is 77.2 cm³/mol. The summed E-state index contributed by atoms with van der Waals surface area (Å²) in [6, 6.07) is 10.1. The highest BCUT2D eigenvalue weighted by molar-refractivity contribution is 6.10. The molecule has 2 aromatic carbocycles. The fourth-order valence-electron chi connectivity index (χ4n) is 2.17. The normalized spacial score (nSPS) is 10.3. The van der Waals surface area contributed by atoms with Gasteiger partial charge in [0.25, 0.3) is 5.69 Å². The van der Waals surface area contributed by atoms with Crippen molar-refractivity contribution in [1.82, 2.24) is 0 Å². The number of nitro benzene ring substituents is 1. The largest absolute Gasteiger partial charge is 0.289 e. The molecule has 0 atom stereocenters. The first-order chi connectivity index (χ1) is 9.40. The van der Waals surface area contributed by atoms with Crippen LogP contribution in [0.3, 0.4) is 0 Å². The zero-order chi connectivity index (χ0) is 14.9. The van der Waals surface area contributed by atoms with Gasteiger partial charge in [0.1, 0.15) is 0 Å². The summed E-state index contributed by atoms with van der Waals surface area (Å²) in [7, 11) is 0. The van der Waals surface area contributed by atoms with E-state index in [0.29, 0.717) is 16.7 Å². The van der Waals surface area contributed by atoms with Crippen LogP contribution in [0, 0.1) is 30.9 Å². The van der Waals surface area contributed by atoms with Crippen LogP contribution < -0.4 is 0 Å². The third kappa shape index (κ3) is 2.59. The minimum atomic E-state index is -0.464. The second kappa shape index (κ2) is 5.25. The molecule has 0 saturated heterocycles. The Morgan fingerprint density at radius 3 is 2.30 bits per heavy atom. The average Bonchev–Trinajstić information content (AvgIpc) is 2.38. The summed E-state index contributed by atoms with van der Waals surface area (Å²) in [5, 5.41) is 10.9. The van der Waals surface area contributed by atoms with Crippen LogP contribution in [0.1, 0.15) is 32.6 Å². The van der Waals surface area contributed by atoms with E-state index in [2.05, 4.69) is 0 Å². The molecule has 0 heterocycles. The van der Waals surface area contributed by atoms with Crippen molar-refractivity contribution in [1.29, 1.82) is 0 Å². The highest BCUT2D eigenvalue weighted by atomic mass is 16.6. The summed E-state index contributed by atoms with van der Waals surface area (Å²) in [5.41, 5.74) is 3.39. The summed E-state index contributed by atoms with van der Waals surface area (Å²) >= 11 is 0. The monoisotopic (exact) mass is 269 g/mol. The Morgan fingerprint density at radius 1 is 1.00 bits per heavy atom. The number of rotatable bonds is 3. The van der Waals surface area contributed by atoms with Gasteiger partial charge in [-0.3, -0.25) is 14.9 Å². The van der Waals surface area contributed by atoms with Gasteiger partial charge >= 0.3 is 0 Å². The molecule has 2 aromatic rings. The Labute approximate surface area is 117 Å². The maximum Gasteiger partial charge on any atom is 0.273 e. The van der Waals surface area contributed by atoms with Crippen LogP contribution in [-0.2, 0) is 0 Å². The quantitative estimate of drug-likeness (QED) is 0.484. The lowest BCUT2D eigenvalue weighted by Gasteiger charge is -2.07. The van der Waals surface area contributed by atoms with Crippen molar-refractivity contribution in [3.05, 3.63) is 74.3 Å². The lowest BCUT2D eigenvalue weighted by molar-refractivity contribution is -0.385. The fraction of sp³-hybridized carbons (Fsp3) is 0.188. The van der Waals surface area contributed by atoms with E-state index in [1.165, 1.54) is 6.07 Å². The number of carbonyl (C=O) groups excluding carboxylic acids is 1. The van der Waals surface area contributed by atoms with E-state index in [-0.39, 0.29) is 11.5 Å². The van der Waals surface area contributed by atoms with Gasteiger partial charge in [-0.1, -0.05) is 35.9 Å². The van der Waals surface area contributed by atoms with Crippen LogP contribution in [0.15, 0.2) is 36.4 Å². The van der Waals surface area contributed by atoms with Crippen molar-refractivity contribution in [3.8, 4) is 0 Å².